The van der Waals surface area contributed by atoms with Crippen LogP contribution in [0.25, 0.3) is 0 Å². The van der Waals surface area contributed by atoms with Crippen LogP contribution in [0.4, 0.5) is 21.0 Å². The van der Waals surface area contributed by atoms with E-state index in [4.69, 9.17) is 9.47 Å². The topological polar surface area (TPSA) is 132 Å². The van der Waals surface area contributed by atoms with E-state index in [0.29, 0.717) is 29.4 Å². The average Bonchev–Trinajstić information content (AvgIpc) is 2.99. The summed E-state index contributed by atoms with van der Waals surface area (Å²) >= 11 is 0. The first-order valence-electron chi connectivity index (χ1n) is 14.6. The Kier molecular flexibility index (Phi) is 10.5. The predicted molar refractivity (Wildman–Crippen MR) is 161 cm³/mol. The first-order valence-corrected chi connectivity index (χ1v) is 14.6. The average molecular weight is 582 g/mol. The van der Waals surface area contributed by atoms with Crippen molar-refractivity contribution in [3.8, 4) is 11.5 Å². The Hall–Kier alpha value is -3.99. The molecule has 3 atom stereocenters. The second-order valence-electron chi connectivity index (χ2n) is 11.3. The summed E-state index contributed by atoms with van der Waals surface area (Å²) in [5, 5.41) is 18.7. The van der Waals surface area contributed by atoms with Gasteiger partial charge < -0.3 is 40.3 Å². The molecular weight excluding hydrogens is 538 g/mol. The minimum atomic E-state index is -0.453. The van der Waals surface area contributed by atoms with Crippen LogP contribution in [-0.4, -0.2) is 84.9 Å². The van der Waals surface area contributed by atoms with E-state index in [1.807, 2.05) is 6.92 Å². The van der Waals surface area contributed by atoms with Gasteiger partial charge in [0.2, 0.25) is 0 Å². The van der Waals surface area contributed by atoms with Crippen molar-refractivity contribution in [2.75, 3.05) is 44.5 Å². The van der Waals surface area contributed by atoms with E-state index in [9.17, 15) is 19.5 Å². The highest BCUT2D eigenvalue weighted by molar-refractivity contribution is 5.99. The summed E-state index contributed by atoms with van der Waals surface area (Å²) in [6.07, 6.45) is 4.87. The van der Waals surface area contributed by atoms with Crippen molar-refractivity contribution in [2.24, 2.45) is 5.92 Å². The summed E-state index contributed by atoms with van der Waals surface area (Å²) in [5.74, 6) is 0.593. The lowest BCUT2D eigenvalue weighted by Crippen LogP contribution is -2.50. The van der Waals surface area contributed by atoms with Crippen LogP contribution in [0.2, 0.25) is 0 Å². The molecule has 0 bridgehead atoms. The molecular formula is C31H43N5O6. The van der Waals surface area contributed by atoms with E-state index in [-0.39, 0.29) is 48.6 Å². The second kappa shape index (κ2) is 14.3. The number of nitrogens with zero attached hydrogens (tertiary/aromatic N) is 2. The van der Waals surface area contributed by atoms with Crippen LogP contribution in [0, 0.1) is 5.92 Å². The van der Waals surface area contributed by atoms with Crippen LogP contribution >= 0.6 is 0 Å². The molecule has 11 nitrogen and oxygen atoms in total. The number of amides is 5. The fourth-order valence-electron chi connectivity index (χ4n) is 5.36. The highest BCUT2D eigenvalue weighted by Crippen LogP contribution is 2.31. The molecule has 2 aliphatic rings. The van der Waals surface area contributed by atoms with Crippen molar-refractivity contribution in [1.82, 2.24) is 15.1 Å². The number of urea groups is 2. The molecule has 2 aromatic carbocycles. The van der Waals surface area contributed by atoms with Gasteiger partial charge in [0.15, 0.2) is 0 Å². The maximum absolute atomic E-state index is 13.7. The second-order valence-corrected chi connectivity index (χ2v) is 11.3. The summed E-state index contributed by atoms with van der Waals surface area (Å²) in [4.78, 5) is 42.5. The number of methoxy groups -OCH3 is 1. The Balaban J connectivity index is 1.51. The number of hydrogen-bond acceptors (Lipinski definition) is 6. The van der Waals surface area contributed by atoms with Gasteiger partial charge in [0.05, 0.1) is 31.9 Å². The Bertz CT molecular complexity index is 1230. The van der Waals surface area contributed by atoms with E-state index < -0.39 is 12.1 Å². The molecule has 0 unspecified atom stereocenters. The lowest BCUT2D eigenvalue weighted by Gasteiger charge is -2.38. The fraction of sp³-hybridized carbons (Fsp3) is 0.516. The van der Waals surface area contributed by atoms with E-state index in [1.54, 1.807) is 73.3 Å². The zero-order valence-corrected chi connectivity index (χ0v) is 24.9. The lowest BCUT2D eigenvalue weighted by molar-refractivity contribution is 0.0371. The minimum absolute atomic E-state index is 0.148. The zero-order valence-electron chi connectivity index (χ0n) is 24.9. The van der Waals surface area contributed by atoms with Gasteiger partial charge in [0.25, 0.3) is 5.91 Å². The van der Waals surface area contributed by atoms with Crippen molar-refractivity contribution < 1.29 is 29.0 Å². The number of anilines is 2. The molecule has 1 aliphatic heterocycles. The van der Waals surface area contributed by atoms with E-state index in [0.717, 1.165) is 25.7 Å². The first kappa shape index (κ1) is 31.0. The summed E-state index contributed by atoms with van der Waals surface area (Å²) < 4.78 is 11.6. The Morgan fingerprint density at radius 2 is 1.79 bits per heavy atom. The molecule has 1 heterocycles. The molecule has 1 saturated carbocycles. The molecule has 0 aromatic heterocycles. The summed E-state index contributed by atoms with van der Waals surface area (Å²) in [5.41, 5.74) is 1.38. The van der Waals surface area contributed by atoms with E-state index >= 15 is 0 Å². The monoisotopic (exact) mass is 581 g/mol. The Morgan fingerprint density at radius 3 is 2.45 bits per heavy atom. The largest absolute Gasteiger partial charge is 0.497 e. The Morgan fingerprint density at radius 1 is 1.10 bits per heavy atom. The number of aliphatic hydroxyl groups is 1. The lowest BCUT2D eigenvalue weighted by atomic mass is 9.96. The number of carbonyl (C=O) groups is 3. The molecule has 2 aromatic rings. The fourth-order valence-corrected chi connectivity index (χ4v) is 5.36. The van der Waals surface area contributed by atoms with E-state index in [1.165, 1.54) is 6.42 Å². The third kappa shape index (κ3) is 7.84. The van der Waals surface area contributed by atoms with Gasteiger partial charge in [-0.15, -0.1) is 0 Å². The molecule has 4 rings (SSSR count). The summed E-state index contributed by atoms with van der Waals surface area (Å²) in [6.45, 7) is 4.11. The maximum atomic E-state index is 13.7. The first-order chi connectivity index (χ1) is 20.2. The molecule has 1 fully saturated rings. The number of nitrogens with one attached hydrogen (secondary N) is 3. The molecule has 4 N–H and O–H groups in total. The maximum Gasteiger partial charge on any atom is 0.321 e. The molecule has 0 spiro atoms. The number of hydrogen-bond donors (Lipinski definition) is 4. The molecule has 1 aliphatic carbocycles. The van der Waals surface area contributed by atoms with Crippen molar-refractivity contribution in [2.45, 2.75) is 64.1 Å². The van der Waals surface area contributed by atoms with Crippen molar-refractivity contribution in [1.29, 1.82) is 0 Å². The number of carbonyl (C=O) groups excluding carboxylic acids is 3. The van der Waals surface area contributed by atoms with Gasteiger partial charge >= 0.3 is 12.1 Å². The minimum Gasteiger partial charge on any atom is -0.497 e. The third-order valence-electron chi connectivity index (χ3n) is 8.00. The highest BCUT2D eigenvalue weighted by Gasteiger charge is 2.34. The molecule has 228 valence electrons. The van der Waals surface area contributed by atoms with Crippen LogP contribution < -0.4 is 25.4 Å². The number of likely N-dealkylation sites (N-methyl/N-ethyl adjacent to an activating group) is 1. The highest BCUT2D eigenvalue weighted by atomic mass is 16.5. The SMILES string of the molecule is COc1ccc(NC(=O)N(C)C[C@@H]2Oc3ccc(NC(=O)NC4CCCCC4)cc3C(=O)N([C@H](C)CO)C[C@@H]2C)cc1. The quantitative estimate of drug-likeness (QED) is 0.362. The van der Waals surface area contributed by atoms with Gasteiger partial charge in [-0.05, 0) is 62.2 Å². The van der Waals surface area contributed by atoms with Crippen LogP contribution in [-0.2, 0) is 0 Å². The van der Waals surface area contributed by atoms with Gasteiger partial charge in [-0.2, -0.15) is 0 Å². The van der Waals surface area contributed by atoms with Gasteiger partial charge in [0, 0.05) is 36.9 Å². The predicted octanol–water partition coefficient (Wildman–Crippen LogP) is 4.53. The molecule has 5 amide bonds. The number of fused-ring (bicyclic) bond motifs is 1. The van der Waals surface area contributed by atoms with Crippen LogP contribution in [0.1, 0.15) is 56.3 Å². The van der Waals surface area contributed by atoms with Gasteiger partial charge in [0.1, 0.15) is 17.6 Å². The third-order valence-corrected chi connectivity index (χ3v) is 8.00. The van der Waals surface area contributed by atoms with Crippen molar-refractivity contribution in [3.05, 3.63) is 48.0 Å². The van der Waals surface area contributed by atoms with Crippen molar-refractivity contribution >= 4 is 29.3 Å². The van der Waals surface area contributed by atoms with Gasteiger partial charge in [-0.3, -0.25) is 4.79 Å². The van der Waals surface area contributed by atoms with E-state index in [2.05, 4.69) is 16.0 Å². The Labute approximate surface area is 247 Å². The zero-order chi connectivity index (χ0) is 30.2. The standard InChI is InChI=1S/C31H43N5O6/c1-20-17-36(21(2)19-37)29(38)26-16-24(33-30(39)32-22-8-6-5-7-9-22)12-15-27(26)42-28(20)18-35(3)31(40)34-23-10-13-25(41-4)14-11-23/h10-16,20-22,28,37H,5-9,17-19H2,1-4H3,(H,34,40)(H2,32,33,39)/t20-,21+,28-/m0/s1. The van der Waals surface area contributed by atoms with Gasteiger partial charge in [-0.1, -0.05) is 26.2 Å². The number of benzene rings is 2. The normalized spacial score (nSPS) is 19.8. The number of aliphatic hydroxyl groups excluding tert-OH is 1. The molecule has 0 radical (unpaired) electrons. The van der Waals surface area contributed by atoms with Gasteiger partial charge in [-0.25, -0.2) is 9.59 Å². The van der Waals surface area contributed by atoms with Crippen LogP contribution in [0.15, 0.2) is 42.5 Å². The molecule has 42 heavy (non-hydrogen) atoms. The summed E-state index contributed by atoms with van der Waals surface area (Å²) in [6, 6.07) is 11.1. The van der Waals surface area contributed by atoms with Crippen LogP contribution in [0.3, 0.4) is 0 Å². The smallest absolute Gasteiger partial charge is 0.321 e. The molecule has 11 heteroatoms. The number of rotatable bonds is 8. The van der Waals surface area contributed by atoms with Crippen molar-refractivity contribution in [3.63, 3.8) is 0 Å². The molecule has 0 saturated heterocycles. The van der Waals surface area contributed by atoms with Crippen LogP contribution in [0.5, 0.6) is 11.5 Å². The number of ether oxygens (including phenoxy) is 2. The summed E-state index contributed by atoms with van der Waals surface area (Å²) in [7, 11) is 3.27.